The van der Waals surface area contributed by atoms with E-state index in [1.54, 1.807) is 54.6 Å². The van der Waals surface area contributed by atoms with Crippen LogP contribution in [0.25, 0.3) is 6.08 Å². The number of carbonyl (C=O) groups is 3. The van der Waals surface area contributed by atoms with Gasteiger partial charge in [0.05, 0.1) is 6.04 Å². The normalized spacial score (nSPS) is 22.1. The van der Waals surface area contributed by atoms with Gasteiger partial charge >= 0.3 is 0 Å². The highest BCUT2D eigenvalue weighted by atomic mass is 35.5. The van der Waals surface area contributed by atoms with Crippen LogP contribution in [0.5, 0.6) is 0 Å². The summed E-state index contributed by atoms with van der Waals surface area (Å²) in [5.74, 6) is -1.64. The van der Waals surface area contributed by atoms with Crippen molar-refractivity contribution in [1.29, 1.82) is 0 Å². The monoisotopic (exact) mass is 549 g/mol. The van der Waals surface area contributed by atoms with Gasteiger partial charge in [-0.15, -0.1) is 0 Å². The first kappa shape index (κ1) is 24.1. The van der Waals surface area contributed by atoms with Crippen LogP contribution in [0.1, 0.15) is 48.1 Å². The fraction of sp³-hybridized carbons (Fsp3) is 0.121. The lowest BCUT2D eigenvalue weighted by Gasteiger charge is -2.37. The predicted octanol–water partition coefficient (Wildman–Crippen LogP) is 7.31. The number of rotatable bonds is 3. The molecular weight excluding hydrogens is 529 g/mol. The molecule has 2 heterocycles. The zero-order chi connectivity index (χ0) is 26.9. The van der Waals surface area contributed by atoms with E-state index in [1.807, 2.05) is 59.5 Å². The minimum Gasteiger partial charge on any atom is -0.352 e. The third-order valence-corrected chi connectivity index (χ3v) is 8.90. The Kier molecular flexibility index (Phi) is 5.41. The molecule has 0 aromatic heterocycles. The lowest BCUT2D eigenvalue weighted by Crippen LogP contribution is -2.48. The van der Waals surface area contributed by atoms with Gasteiger partial charge in [0, 0.05) is 38.3 Å². The number of carbonyl (C=O) groups excluding carboxylic acids is 3. The largest absolute Gasteiger partial charge is 0.352 e. The molecule has 0 amide bonds. The van der Waals surface area contributed by atoms with Crippen LogP contribution >= 0.6 is 23.2 Å². The summed E-state index contributed by atoms with van der Waals surface area (Å²) in [6, 6.07) is 27.1. The van der Waals surface area contributed by atoms with Crippen molar-refractivity contribution < 1.29 is 14.4 Å². The third-order valence-electron chi connectivity index (χ3n) is 8.34. The zero-order valence-electron chi connectivity index (χ0n) is 20.6. The number of nitrogens with zero attached hydrogens (tertiary/aromatic N) is 1. The molecule has 0 radical (unpaired) electrons. The summed E-state index contributed by atoms with van der Waals surface area (Å²) in [5, 5.41) is 0.739. The Morgan fingerprint density at radius 3 is 2.10 bits per heavy atom. The van der Waals surface area contributed by atoms with Crippen LogP contribution in [-0.4, -0.2) is 29.4 Å². The number of para-hydroxylation sites is 1. The van der Waals surface area contributed by atoms with Crippen molar-refractivity contribution in [2.45, 2.75) is 18.0 Å². The Labute approximate surface area is 235 Å². The molecule has 1 fully saturated rings. The standard InChI is InChI=1S/C33H21Cl2NO3/c34-21-15-16-24(25(35)18-21)28-29(30(37)20-9-2-1-3-10-20)36-26-13-7-4-8-19(26)14-17-27(36)33(28)31(38)22-11-5-6-12-23(22)32(33)39/h1-18,27-29H/t27-,28+,29-/m1/s1. The molecule has 3 aliphatic rings. The van der Waals surface area contributed by atoms with Gasteiger partial charge < -0.3 is 4.90 Å². The predicted molar refractivity (Wildman–Crippen MR) is 153 cm³/mol. The number of benzene rings is 4. The van der Waals surface area contributed by atoms with E-state index in [0.29, 0.717) is 32.3 Å². The maximum atomic E-state index is 14.6. The van der Waals surface area contributed by atoms with Crippen LogP contribution in [0.3, 0.4) is 0 Å². The Hall–Kier alpha value is -3.99. The lowest BCUT2D eigenvalue weighted by atomic mass is 9.64. The van der Waals surface area contributed by atoms with Crippen LogP contribution in [0.4, 0.5) is 5.69 Å². The molecule has 190 valence electrons. The van der Waals surface area contributed by atoms with Gasteiger partial charge in [0.15, 0.2) is 17.3 Å². The number of anilines is 1. The van der Waals surface area contributed by atoms with Gasteiger partial charge in [0.2, 0.25) is 0 Å². The molecule has 7 rings (SSSR count). The highest BCUT2D eigenvalue weighted by molar-refractivity contribution is 6.36. The van der Waals surface area contributed by atoms with E-state index in [2.05, 4.69) is 0 Å². The average Bonchev–Trinajstić information content (AvgIpc) is 3.39. The van der Waals surface area contributed by atoms with Crippen molar-refractivity contribution in [3.05, 3.63) is 141 Å². The molecule has 1 aliphatic carbocycles. The minimum absolute atomic E-state index is 0.185. The van der Waals surface area contributed by atoms with Gasteiger partial charge in [0.1, 0.15) is 11.5 Å². The van der Waals surface area contributed by atoms with Crippen LogP contribution in [0.2, 0.25) is 10.0 Å². The SMILES string of the molecule is O=C(c1ccccc1)[C@H]1[C@H](c2ccc(Cl)cc2Cl)C2(C(=O)c3ccccc3C2=O)[C@H]2C=Cc3ccccc3N12. The summed E-state index contributed by atoms with van der Waals surface area (Å²) in [6.07, 6.45) is 3.84. The molecule has 1 saturated heterocycles. The molecule has 4 aromatic carbocycles. The maximum absolute atomic E-state index is 14.6. The van der Waals surface area contributed by atoms with E-state index >= 15 is 0 Å². The first-order valence-electron chi connectivity index (χ1n) is 12.7. The third kappa shape index (κ3) is 3.22. The average molecular weight is 550 g/mol. The fourth-order valence-electron chi connectivity index (χ4n) is 6.79. The number of halogens is 2. The Bertz CT molecular complexity index is 1690. The second-order valence-corrected chi connectivity index (χ2v) is 11.0. The van der Waals surface area contributed by atoms with E-state index in [-0.39, 0.29) is 17.3 Å². The quantitative estimate of drug-likeness (QED) is 0.198. The topological polar surface area (TPSA) is 54.5 Å². The van der Waals surface area contributed by atoms with E-state index in [0.717, 1.165) is 11.3 Å². The summed E-state index contributed by atoms with van der Waals surface area (Å²) in [7, 11) is 0. The molecule has 0 N–H and O–H groups in total. The second-order valence-electron chi connectivity index (χ2n) is 10.2. The van der Waals surface area contributed by atoms with E-state index in [4.69, 9.17) is 23.2 Å². The molecule has 0 bridgehead atoms. The van der Waals surface area contributed by atoms with Gasteiger partial charge in [-0.2, -0.15) is 0 Å². The van der Waals surface area contributed by atoms with Crippen molar-refractivity contribution in [1.82, 2.24) is 0 Å². The zero-order valence-corrected chi connectivity index (χ0v) is 22.1. The van der Waals surface area contributed by atoms with Gasteiger partial charge in [-0.25, -0.2) is 0 Å². The number of hydrogen-bond donors (Lipinski definition) is 0. The Morgan fingerprint density at radius 1 is 0.769 bits per heavy atom. The molecule has 0 unspecified atom stereocenters. The van der Waals surface area contributed by atoms with Crippen molar-refractivity contribution in [2.75, 3.05) is 4.90 Å². The first-order chi connectivity index (χ1) is 18.9. The minimum atomic E-state index is -1.60. The maximum Gasteiger partial charge on any atom is 0.185 e. The van der Waals surface area contributed by atoms with Crippen LogP contribution in [-0.2, 0) is 0 Å². The van der Waals surface area contributed by atoms with E-state index < -0.39 is 23.4 Å². The number of Topliss-reactive ketones (excluding diaryl/α,β-unsaturated/α-hetero) is 3. The molecule has 2 aliphatic heterocycles. The van der Waals surface area contributed by atoms with Crippen molar-refractivity contribution in [3.63, 3.8) is 0 Å². The molecule has 39 heavy (non-hydrogen) atoms. The molecule has 4 nitrogen and oxygen atoms in total. The van der Waals surface area contributed by atoms with Gasteiger partial charge in [-0.05, 0) is 29.3 Å². The van der Waals surface area contributed by atoms with Crippen molar-refractivity contribution >= 4 is 52.3 Å². The molecular formula is C33H21Cl2NO3. The van der Waals surface area contributed by atoms with Gasteiger partial charge in [-0.1, -0.05) is 114 Å². The van der Waals surface area contributed by atoms with E-state index in [9.17, 15) is 14.4 Å². The van der Waals surface area contributed by atoms with Gasteiger partial charge in [-0.3, -0.25) is 14.4 Å². The smallest absolute Gasteiger partial charge is 0.185 e. The van der Waals surface area contributed by atoms with Crippen LogP contribution in [0, 0.1) is 5.41 Å². The van der Waals surface area contributed by atoms with Gasteiger partial charge in [0.25, 0.3) is 0 Å². The number of fused-ring (bicyclic) bond motifs is 5. The molecule has 3 atom stereocenters. The summed E-state index contributed by atoms with van der Waals surface area (Å²) >= 11 is 13.1. The van der Waals surface area contributed by atoms with Crippen LogP contribution < -0.4 is 4.90 Å². The summed E-state index contributed by atoms with van der Waals surface area (Å²) < 4.78 is 0. The highest BCUT2D eigenvalue weighted by Gasteiger charge is 2.71. The lowest BCUT2D eigenvalue weighted by molar-refractivity contribution is 0.0666. The molecule has 6 heteroatoms. The van der Waals surface area contributed by atoms with Crippen molar-refractivity contribution in [3.8, 4) is 0 Å². The van der Waals surface area contributed by atoms with Crippen LogP contribution in [0.15, 0.2) is 103 Å². The second kappa shape index (κ2) is 8.77. The molecule has 1 spiro atoms. The summed E-state index contributed by atoms with van der Waals surface area (Å²) in [4.78, 5) is 45.7. The Balaban J connectivity index is 1.57. The molecule has 0 saturated carbocycles. The fourth-order valence-corrected chi connectivity index (χ4v) is 7.31. The summed E-state index contributed by atoms with van der Waals surface area (Å²) in [5.41, 5.74) is 1.90. The first-order valence-corrected chi connectivity index (χ1v) is 13.5. The van der Waals surface area contributed by atoms with Crippen molar-refractivity contribution in [2.24, 2.45) is 5.41 Å². The number of ketones is 3. The number of hydrogen-bond acceptors (Lipinski definition) is 4. The van der Waals surface area contributed by atoms with E-state index in [1.165, 1.54) is 0 Å². The molecule has 4 aromatic rings. The Morgan fingerprint density at radius 2 is 1.41 bits per heavy atom. The summed E-state index contributed by atoms with van der Waals surface area (Å²) in [6.45, 7) is 0. The highest BCUT2D eigenvalue weighted by Crippen LogP contribution is 2.61.